The lowest BCUT2D eigenvalue weighted by Crippen LogP contribution is -2.48. The van der Waals surface area contributed by atoms with Crippen molar-refractivity contribution in [1.29, 1.82) is 0 Å². The summed E-state index contributed by atoms with van der Waals surface area (Å²) in [6, 6.07) is 0.192. The second-order valence-corrected chi connectivity index (χ2v) is 7.93. The van der Waals surface area contributed by atoms with Gasteiger partial charge in [-0.15, -0.1) is 4.72 Å². The molecule has 1 N–H and O–H groups in total. The smallest absolute Gasteiger partial charge is 0.136 e. The molecule has 0 spiro atoms. The van der Waals surface area contributed by atoms with E-state index in [0.29, 0.717) is 0 Å². The zero-order chi connectivity index (χ0) is 11.9. The van der Waals surface area contributed by atoms with E-state index in [4.69, 9.17) is 0 Å². The summed E-state index contributed by atoms with van der Waals surface area (Å²) in [5, 5.41) is 0. The molecule has 0 aliphatic heterocycles. The largest absolute Gasteiger partial charge is 0.598 e. The minimum absolute atomic E-state index is 0.192. The molecule has 2 nitrogen and oxygen atoms in total. The summed E-state index contributed by atoms with van der Waals surface area (Å²) in [6.07, 6.45) is 2.41. The molecule has 1 aliphatic rings. The van der Waals surface area contributed by atoms with Gasteiger partial charge in [0.15, 0.2) is 0 Å². The molecule has 3 heteroatoms. The van der Waals surface area contributed by atoms with Crippen molar-refractivity contribution in [1.82, 2.24) is 4.72 Å². The fourth-order valence-electron chi connectivity index (χ4n) is 1.61. The van der Waals surface area contributed by atoms with E-state index in [2.05, 4.69) is 18.2 Å². The number of hydrogen-bond donors (Lipinski definition) is 1. The molecule has 1 saturated carbocycles. The first-order valence-corrected chi connectivity index (χ1v) is 6.65. The van der Waals surface area contributed by atoms with Gasteiger partial charge in [0.2, 0.25) is 0 Å². The van der Waals surface area contributed by atoms with E-state index in [1.807, 2.05) is 27.7 Å². The lowest BCUT2D eigenvalue weighted by molar-refractivity contribution is 0.437. The Balaban J connectivity index is 2.64. The van der Waals surface area contributed by atoms with Crippen LogP contribution in [-0.2, 0) is 11.4 Å². The van der Waals surface area contributed by atoms with Crippen molar-refractivity contribution >= 4 is 11.4 Å². The van der Waals surface area contributed by atoms with Gasteiger partial charge in [-0.1, -0.05) is 19.1 Å². The lowest BCUT2D eigenvalue weighted by Gasteiger charge is -2.31. The zero-order valence-corrected chi connectivity index (χ0v) is 11.3. The Morgan fingerprint density at radius 3 is 2.20 bits per heavy atom. The summed E-state index contributed by atoms with van der Waals surface area (Å²) in [7, 11) is 0. The van der Waals surface area contributed by atoms with Crippen molar-refractivity contribution in [2.45, 2.75) is 58.2 Å². The van der Waals surface area contributed by atoms with Crippen molar-refractivity contribution < 1.29 is 4.55 Å². The first kappa shape index (κ1) is 13.1. The van der Waals surface area contributed by atoms with Crippen LogP contribution in [0.5, 0.6) is 0 Å². The maximum atomic E-state index is 12.0. The molecule has 1 unspecified atom stereocenters. The summed E-state index contributed by atoms with van der Waals surface area (Å²) in [4.78, 5) is 0. The highest BCUT2D eigenvalue weighted by atomic mass is 32.2. The molecule has 0 aromatic heterocycles. The van der Waals surface area contributed by atoms with Crippen LogP contribution in [0.25, 0.3) is 0 Å². The fraction of sp³-hybridized carbons (Fsp3) is 0.833. The third-order valence-corrected chi connectivity index (χ3v) is 4.57. The molecule has 0 amide bonds. The van der Waals surface area contributed by atoms with E-state index in [1.54, 1.807) is 0 Å². The Morgan fingerprint density at radius 1 is 1.47 bits per heavy atom. The van der Waals surface area contributed by atoms with Crippen molar-refractivity contribution in [3.63, 3.8) is 0 Å². The number of nitrogens with one attached hydrogen (secondary N) is 1. The first-order chi connectivity index (χ1) is 6.67. The van der Waals surface area contributed by atoms with Crippen molar-refractivity contribution in [2.75, 3.05) is 0 Å². The molecule has 0 bridgehead atoms. The third kappa shape index (κ3) is 3.23. The molecule has 0 saturated heterocycles. The van der Waals surface area contributed by atoms with Crippen LogP contribution in [0.2, 0.25) is 0 Å². The highest BCUT2D eigenvalue weighted by Gasteiger charge is 2.48. The standard InChI is InChI=1S/C12H23NOS/c1-9(2)10(12(6)7-8-12)13-15(14)11(3,4)5/h10,13H,1,7-8H2,2-6H3/t10-,15?/m0/s1. The van der Waals surface area contributed by atoms with Crippen LogP contribution < -0.4 is 4.72 Å². The molecule has 0 aromatic rings. The maximum absolute atomic E-state index is 12.0. The molecule has 1 fully saturated rings. The number of rotatable bonds is 4. The van der Waals surface area contributed by atoms with Gasteiger partial charge in [0.05, 0.1) is 6.04 Å². The highest BCUT2D eigenvalue weighted by Crippen LogP contribution is 2.50. The Morgan fingerprint density at radius 2 is 1.93 bits per heavy atom. The van der Waals surface area contributed by atoms with E-state index in [-0.39, 0.29) is 16.2 Å². The molecule has 0 aromatic carbocycles. The van der Waals surface area contributed by atoms with Crippen molar-refractivity contribution in [3.05, 3.63) is 12.2 Å². The van der Waals surface area contributed by atoms with Crippen LogP contribution in [0, 0.1) is 5.41 Å². The Hall–Kier alpha value is 0.01000. The molecule has 0 heterocycles. The second-order valence-electron chi connectivity index (χ2n) is 5.93. The van der Waals surface area contributed by atoms with E-state index in [1.165, 1.54) is 12.8 Å². The van der Waals surface area contributed by atoms with E-state index in [0.717, 1.165) is 5.57 Å². The molecule has 0 radical (unpaired) electrons. The predicted molar refractivity (Wildman–Crippen MR) is 67.0 cm³/mol. The summed E-state index contributed by atoms with van der Waals surface area (Å²) < 4.78 is 15.0. The predicted octanol–water partition coefficient (Wildman–Crippen LogP) is 2.78. The minimum atomic E-state index is -1.01. The van der Waals surface area contributed by atoms with Gasteiger partial charge in [-0.05, 0) is 46.0 Å². The van der Waals surface area contributed by atoms with Crippen molar-refractivity contribution in [2.24, 2.45) is 5.41 Å². The lowest BCUT2D eigenvalue weighted by atomic mass is 9.94. The fourth-order valence-corrected chi connectivity index (χ4v) is 2.66. The molecule has 88 valence electrons. The van der Waals surface area contributed by atoms with E-state index >= 15 is 0 Å². The number of hydrogen-bond acceptors (Lipinski definition) is 2. The monoisotopic (exact) mass is 229 g/mol. The molecule has 15 heavy (non-hydrogen) atoms. The molecule has 1 rings (SSSR count). The van der Waals surface area contributed by atoms with Gasteiger partial charge in [-0.3, -0.25) is 0 Å². The summed E-state index contributed by atoms with van der Waals surface area (Å²) in [5.41, 5.74) is 1.37. The second kappa shape index (κ2) is 4.11. The Bertz CT molecular complexity index is 253. The molecule has 1 aliphatic carbocycles. The normalized spacial score (nSPS) is 23.3. The SMILES string of the molecule is C=C(C)[C@H](N[S+]([O-])C(C)(C)C)C1(C)CC1. The van der Waals surface area contributed by atoms with Crippen LogP contribution in [0.15, 0.2) is 12.2 Å². The van der Waals surface area contributed by atoms with Gasteiger partial charge in [-0.25, -0.2) is 0 Å². The summed E-state index contributed by atoms with van der Waals surface area (Å²) >= 11 is -1.01. The minimum Gasteiger partial charge on any atom is -0.598 e. The van der Waals surface area contributed by atoms with Crippen molar-refractivity contribution in [3.8, 4) is 0 Å². The van der Waals surface area contributed by atoms with Gasteiger partial charge in [-0.2, -0.15) is 0 Å². The van der Waals surface area contributed by atoms with E-state index in [9.17, 15) is 4.55 Å². The molecular formula is C12H23NOS. The quantitative estimate of drug-likeness (QED) is 0.594. The average Bonchev–Trinajstić information content (AvgIpc) is 2.77. The zero-order valence-electron chi connectivity index (χ0n) is 10.5. The Labute approximate surface area is 96.8 Å². The van der Waals surface area contributed by atoms with Crippen LogP contribution in [-0.4, -0.2) is 15.3 Å². The Kier molecular flexibility index (Phi) is 3.59. The topological polar surface area (TPSA) is 35.1 Å². The summed E-state index contributed by atoms with van der Waals surface area (Å²) in [5.74, 6) is 0. The van der Waals surface area contributed by atoms with Crippen LogP contribution in [0.3, 0.4) is 0 Å². The van der Waals surface area contributed by atoms with Gasteiger partial charge in [0, 0.05) is 11.4 Å². The van der Waals surface area contributed by atoms with Gasteiger partial charge in [0.25, 0.3) is 0 Å². The van der Waals surface area contributed by atoms with Gasteiger partial charge < -0.3 is 4.55 Å². The van der Waals surface area contributed by atoms with Gasteiger partial charge >= 0.3 is 0 Å². The third-order valence-electron chi connectivity index (χ3n) is 3.01. The first-order valence-electron chi connectivity index (χ1n) is 5.50. The molecule has 2 atom stereocenters. The molecular weight excluding hydrogens is 206 g/mol. The van der Waals surface area contributed by atoms with Crippen LogP contribution in [0.1, 0.15) is 47.5 Å². The maximum Gasteiger partial charge on any atom is 0.136 e. The van der Waals surface area contributed by atoms with Gasteiger partial charge in [0.1, 0.15) is 4.75 Å². The average molecular weight is 229 g/mol. The van der Waals surface area contributed by atoms with Crippen LogP contribution >= 0.6 is 0 Å². The summed E-state index contributed by atoms with van der Waals surface area (Å²) in [6.45, 7) is 14.2. The van der Waals surface area contributed by atoms with E-state index < -0.39 is 11.4 Å². The highest BCUT2D eigenvalue weighted by molar-refractivity contribution is 7.90. The van der Waals surface area contributed by atoms with Crippen LogP contribution in [0.4, 0.5) is 0 Å².